The molecule has 0 amide bonds. The lowest BCUT2D eigenvalue weighted by atomic mass is 9.79. The van der Waals surface area contributed by atoms with Crippen molar-refractivity contribution < 1.29 is 0 Å². The third-order valence-corrected chi connectivity index (χ3v) is 6.14. The van der Waals surface area contributed by atoms with Gasteiger partial charge in [0, 0.05) is 17.8 Å². The van der Waals surface area contributed by atoms with Crippen LogP contribution in [-0.2, 0) is 6.42 Å². The van der Waals surface area contributed by atoms with E-state index in [-0.39, 0.29) is 0 Å². The number of hydrogen-bond donors (Lipinski definition) is 1. The molecule has 2 aliphatic rings. The van der Waals surface area contributed by atoms with Crippen LogP contribution >= 0.6 is 0 Å². The third-order valence-electron chi connectivity index (χ3n) is 6.14. The number of aromatic nitrogens is 2. The molecule has 2 heterocycles. The second-order valence-corrected chi connectivity index (χ2v) is 8.06. The van der Waals surface area contributed by atoms with E-state index in [1.54, 1.807) is 29.7 Å². The molecule has 0 aliphatic heterocycles. The van der Waals surface area contributed by atoms with Gasteiger partial charge >= 0.3 is 0 Å². The summed E-state index contributed by atoms with van der Waals surface area (Å²) in [5.74, 6) is 0. The number of rotatable bonds is 0. The molecule has 30 heavy (non-hydrogen) atoms. The molecule has 3 heteroatoms. The molecular formula is C27H25N3. The standard InChI is InChI=1S/C19H18.C8H7N3/c1-13-5-4-8-17-15(13)11-12-18-16-7-3-2-6-14(16)9-10-19(17)18;9-7-3-6-4-10-2-1-8(6)11-5-7/h3-5,7-8,11-12H,2,6,9-10H2,1H3;1-5H,9H2. The van der Waals surface area contributed by atoms with Crippen LogP contribution < -0.4 is 5.73 Å². The molecule has 0 radical (unpaired) electrons. The lowest BCUT2D eigenvalue weighted by Gasteiger charge is -2.25. The minimum Gasteiger partial charge on any atom is -0.397 e. The van der Waals surface area contributed by atoms with Crippen LogP contribution in [0.4, 0.5) is 5.69 Å². The summed E-state index contributed by atoms with van der Waals surface area (Å²) in [6.07, 6.45) is 14.7. The second kappa shape index (κ2) is 7.75. The highest BCUT2D eigenvalue weighted by atomic mass is 14.7. The van der Waals surface area contributed by atoms with E-state index in [2.05, 4.69) is 59.4 Å². The van der Waals surface area contributed by atoms with Gasteiger partial charge in [-0.3, -0.25) is 9.97 Å². The molecule has 0 unspecified atom stereocenters. The summed E-state index contributed by atoms with van der Waals surface area (Å²) in [7, 11) is 0. The SMILES string of the molecule is Cc1cccc2c3c(ccc12)C1=C(CCC=C1)CC3.Nc1cnc2ccncc2c1. The maximum atomic E-state index is 5.53. The average molecular weight is 392 g/mol. The lowest BCUT2D eigenvalue weighted by Crippen LogP contribution is -2.07. The quantitative estimate of drug-likeness (QED) is 0.377. The van der Waals surface area contributed by atoms with Gasteiger partial charge in [-0.05, 0) is 77.8 Å². The Morgan fingerprint density at radius 3 is 2.80 bits per heavy atom. The Labute approximate surface area is 177 Å². The van der Waals surface area contributed by atoms with Crippen LogP contribution in [0.15, 0.2) is 78.8 Å². The first-order valence-electron chi connectivity index (χ1n) is 10.6. The maximum Gasteiger partial charge on any atom is 0.0734 e. The maximum absolute atomic E-state index is 5.53. The van der Waals surface area contributed by atoms with Crippen molar-refractivity contribution >= 4 is 32.9 Å². The van der Waals surface area contributed by atoms with Crippen LogP contribution in [0.3, 0.4) is 0 Å². The van der Waals surface area contributed by atoms with Gasteiger partial charge in [-0.15, -0.1) is 0 Å². The smallest absolute Gasteiger partial charge is 0.0734 e. The van der Waals surface area contributed by atoms with Gasteiger partial charge < -0.3 is 5.73 Å². The second-order valence-electron chi connectivity index (χ2n) is 8.06. The molecule has 2 aromatic carbocycles. The van der Waals surface area contributed by atoms with Gasteiger partial charge in [-0.2, -0.15) is 0 Å². The molecule has 3 nitrogen and oxygen atoms in total. The highest BCUT2D eigenvalue weighted by Crippen LogP contribution is 2.40. The Balaban J connectivity index is 0.000000149. The van der Waals surface area contributed by atoms with E-state index >= 15 is 0 Å². The minimum atomic E-state index is 0.672. The lowest BCUT2D eigenvalue weighted by molar-refractivity contribution is 0.831. The summed E-state index contributed by atoms with van der Waals surface area (Å²) in [5.41, 5.74) is 14.7. The number of nitrogens with zero attached hydrogens (tertiary/aromatic N) is 2. The zero-order valence-corrected chi connectivity index (χ0v) is 17.2. The summed E-state index contributed by atoms with van der Waals surface area (Å²) in [6.45, 7) is 2.21. The first kappa shape index (κ1) is 18.6. The van der Waals surface area contributed by atoms with Crippen molar-refractivity contribution in [3.8, 4) is 0 Å². The number of nitrogens with two attached hydrogens (primary N) is 1. The molecule has 0 bridgehead atoms. The van der Waals surface area contributed by atoms with E-state index in [1.165, 1.54) is 53.2 Å². The minimum absolute atomic E-state index is 0.672. The van der Waals surface area contributed by atoms with E-state index in [4.69, 9.17) is 5.73 Å². The fourth-order valence-corrected chi connectivity index (χ4v) is 4.62. The van der Waals surface area contributed by atoms with Crippen LogP contribution in [0.5, 0.6) is 0 Å². The molecule has 2 aliphatic carbocycles. The van der Waals surface area contributed by atoms with E-state index < -0.39 is 0 Å². The van der Waals surface area contributed by atoms with Crippen LogP contribution in [-0.4, -0.2) is 9.97 Å². The molecule has 6 rings (SSSR count). The van der Waals surface area contributed by atoms with Crippen LogP contribution in [0.2, 0.25) is 0 Å². The number of nitrogen functional groups attached to an aromatic ring is 1. The number of hydrogen-bond acceptors (Lipinski definition) is 3. The topological polar surface area (TPSA) is 51.8 Å². The van der Waals surface area contributed by atoms with Gasteiger partial charge in [0.05, 0.1) is 17.4 Å². The van der Waals surface area contributed by atoms with Crippen molar-refractivity contribution in [1.82, 2.24) is 9.97 Å². The van der Waals surface area contributed by atoms with Gasteiger partial charge in [-0.25, -0.2) is 0 Å². The Hall–Kier alpha value is -3.46. The van der Waals surface area contributed by atoms with Gasteiger partial charge in [0.1, 0.15) is 0 Å². The fraction of sp³-hybridized carbons (Fsp3) is 0.185. The molecule has 148 valence electrons. The van der Waals surface area contributed by atoms with Gasteiger partial charge in [0.15, 0.2) is 0 Å². The van der Waals surface area contributed by atoms with Gasteiger partial charge in [0.2, 0.25) is 0 Å². The normalized spacial score (nSPS) is 14.8. The first-order chi connectivity index (χ1) is 14.7. The van der Waals surface area contributed by atoms with Crippen molar-refractivity contribution in [2.45, 2.75) is 32.6 Å². The summed E-state index contributed by atoms with van der Waals surface area (Å²) < 4.78 is 0. The summed E-state index contributed by atoms with van der Waals surface area (Å²) in [5, 5.41) is 3.86. The van der Waals surface area contributed by atoms with Crippen LogP contribution in [0.25, 0.3) is 27.2 Å². The van der Waals surface area contributed by atoms with Crippen molar-refractivity contribution in [3.05, 3.63) is 95.5 Å². The van der Waals surface area contributed by atoms with E-state index in [0.29, 0.717) is 5.69 Å². The first-order valence-corrected chi connectivity index (χ1v) is 10.6. The predicted molar refractivity (Wildman–Crippen MR) is 126 cm³/mol. The third kappa shape index (κ3) is 3.37. The highest BCUT2D eigenvalue weighted by molar-refractivity contribution is 5.95. The van der Waals surface area contributed by atoms with Gasteiger partial charge in [-0.1, -0.05) is 48.1 Å². The summed E-state index contributed by atoms with van der Waals surface area (Å²) in [6, 6.07) is 15.1. The molecule has 0 spiro atoms. The zero-order valence-electron chi connectivity index (χ0n) is 17.2. The van der Waals surface area contributed by atoms with Crippen molar-refractivity contribution in [2.75, 3.05) is 5.73 Å². The Bertz CT molecular complexity index is 1310. The molecular weight excluding hydrogens is 366 g/mol. The molecule has 2 N–H and O–H groups in total. The number of anilines is 1. The molecule has 2 aromatic heterocycles. The van der Waals surface area contributed by atoms with E-state index in [9.17, 15) is 0 Å². The van der Waals surface area contributed by atoms with Crippen LogP contribution in [0, 0.1) is 6.92 Å². The van der Waals surface area contributed by atoms with Crippen molar-refractivity contribution in [2.24, 2.45) is 0 Å². The largest absolute Gasteiger partial charge is 0.397 e. The van der Waals surface area contributed by atoms with Crippen LogP contribution in [0.1, 0.15) is 36.0 Å². The average Bonchev–Trinajstić information content (AvgIpc) is 2.79. The Morgan fingerprint density at radius 2 is 1.87 bits per heavy atom. The number of aryl methyl sites for hydroxylation is 2. The highest BCUT2D eigenvalue weighted by Gasteiger charge is 2.20. The van der Waals surface area contributed by atoms with Gasteiger partial charge in [0.25, 0.3) is 0 Å². The monoisotopic (exact) mass is 391 g/mol. The molecule has 0 saturated heterocycles. The van der Waals surface area contributed by atoms with E-state index in [0.717, 1.165) is 10.9 Å². The number of allylic oxidation sites excluding steroid dienone is 4. The van der Waals surface area contributed by atoms with E-state index in [1.807, 2.05) is 12.1 Å². The zero-order chi connectivity index (χ0) is 20.5. The number of fused-ring (bicyclic) bond motifs is 5. The fourth-order valence-electron chi connectivity index (χ4n) is 4.62. The van der Waals surface area contributed by atoms with Crippen molar-refractivity contribution in [3.63, 3.8) is 0 Å². The Kier molecular flexibility index (Phi) is 4.80. The molecule has 0 fully saturated rings. The summed E-state index contributed by atoms with van der Waals surface area (Å²) in [4.78, 5) is 8.07. The molecule has 0 saturated carbocycles. The number of benzene rings is 2. The predicted octanol–water partition coefficient (Wildman–Crippen LogP) is 6.41. The Morgan fingerprint density at radius 1 is 0.933 bits per heavy atom. The number of pyridine rings is 2. The van der Waals surface area contributed by atoms with Crippen molar-refractivity contribution in [1.29, 1.82) is 0 Å². The molecule has 4 aromatic rings. The summed E-state index contributed by atoms with van der Waals surface area (Å²) >= 11 is 0. The molecule has 0 atom stereocenters.